The summed E-state index contributed by atoms with van der Waals surface area (Å²) in [5.41, 5.74) is 0.719. The molecule has 7 nitrogen and oxygen atoms in total. The van der Waals surface area contributed by atoms with Crippen LogP contribution >= 0.6 is 0 Å². The average Bonchev–Trinajstić information content (AvgIpc) is 2.38. The molecule has 0 amide bonds. The Balaban J connectivity index is 3.29. The zero-order valence-corrected chi connectivity index (χ0v) is 13.3. The van der Waals surface area contributed by atoms with Gasteiger partial charge in [0.05, 0.1) is 16.4 Å². The lowest BCUT2D eigenvalue weighted by atomic mass is 10.1. The Bertz CT molecular complexity index is 640. The van der Waals surface area contributed by atoms with E-state index < -0.39 is 21.0 Å². The first-order valence-corrected chi connectivity index (χ1v) is 7.97. The molecule has 0 unspecified atom stereocenters. The number of hydrogen-bond donors (Lipinski definition) is 2. The lowest BCUT2D eigenvalue weighted by molar-refractivity contribution is -0.385. The number of hydrogen-bond acceptors (Lipinski definition) is 5. The molecule has 0 spiro atoms. The molecule has 1 atom stereocenters. The van der Waals surface area contributed by atoms with Crippen LogP contribution in [0, 0.1) is 29.9 Å². The molecule has 0 aliphatic rings. The van der Waals surface area contributed by atoms with Gasteiger partial charge >= 0.3 is 0 Å². The van der Waals surface area contributed by atoms with E-state index in [0.717, 1.165) is 6.07 Å². The Kier molecular flexibility index (Phi) is 5.43. The lowest BCUT2D eigenvalue weighted by Gasteiger charge is -2.20. The highest BCUT2D eigenvalue weighted by Gasteiger charge is 2.25. The maximum Gasteiger partial charge on any atom is 0.273 e. The van der Waals surface area contributed by atoms with E-state index in [1.807, 2.05) is 0 Å². The van der Waals surface area contributed by atoms with Crippen molar-refractivity contribution < 1.29 is 18.4 Å². The van der Waals surface area contributed by atoms with Crippen molar-refractivity contribution in [3.8, 4) is 0 Å². The van der Waals surface area contributed by atoms with Crippen LogP contribution < -0.4 is 4.72 Å². The first kappa shape index (κ1) is 17.5. The van der Waals surface area contributed by atoms with E-state index in [1.165, 1.54) is 6.07 Å². The molecule has 0 bridgehead atoms. The fraction of sp³-hybridized carbons (Fsp3) is 0.538. The van der Waals surface area contributed by atoms with E-state index in [1.54, 1.807) is 27.7 Å². The Morgan fingerprint density at radius 3 is 2.33 bits per heavy atom. The van der Waals surface area contributed by atoms with Crippen LogP contribution in [0.25, 0.3) is 0 Å². The van der Waals surface area contributed by atoms with Crippen molar-refractivity contribution in [1.29, 1.82) is 0 Å². The second-order valence-electron chi connectivity index (χ2n) is 5.30. The Labute approximate surface area is 124 Å². The highest BCUT2D eigenvalue weighted by molar-refractivity contribution is 7.89. The number of benzene rings is 1. The van der Waals surface area contributed by atoms with E-state index in [9.17, 15) is 23.6 Å². The molecule has 0 heterocycles. The molecule has 2 N–H and O–H groups in total. The topological polar surface area (TPSA) is 110 Å². The molecular weight excluding hydrogens is 296 g/mol. The van der Waals surface area contributed by atoms with Crippen molar-refractivity contribution in [2.75, 3.05) is 6.61 Å². The molecule has 21 heavy (non-hydrogen) atoms. The smallest absolute Gasteiger partial charge is 0.273 e. The predicted octanol–water partition coefficient (Wildman–Crippen LogP) is 1.51. The van der Waals surface area contributed by atoms with Gasteiger partial charge in [0.1, 0.15) is 0 Å². The highest BCUT2D eigenvalue weighted by Crippen LogP contribution is 2.26. The zero-order valence-electron chi connectivity index (χ0n) is 12.5. The number of nitro benzene ring substituents is 1. The van der Waals surface area contributed by atoms with Gasteiger partial charge in [0.25, 0.3) is 5.69 Å². The summed E-state index contributed by atoms with van der Waals surface area (Å²) in [5, 5.41) is 20.2. The van der Waals surface area contributed by atoms with E-state index >= 15 is 0 Å². The van der Waals surface area contributed by atoms with Crippen LogP contribution in [0.15, 0.2) is 17.0 Å². The van der Waals surface area contributed by atoms with Crippen LogP contribution in [0.4, 0.5) is 5.69 Å². The van der Waals surface area contributed by atoms with Gasteiger partial charge in [0.2, 0.25) is 10.0 Å². The fourth-order valence-electron chi connectivity index (χ4n) is 1.80. The minimum atomic E-state index is -3.93. The first-order chi connectivity index (χ1) is 9.60. The van der Waals surface area contributed by atoms with Crippen molar-refractivity contribution in [3.63, 3.8) is 0 Å². The van der Waals surface area contributed by atoms with Crippen LogP contribution in [0.1, 0.15) is 25.0 Å². The third-order valence-corrected chi connectivity index (χ3v) is 4.90. The maximum atomic E-state index is 12.3. The van der Waals surface area contributed by atoms with Gasteiger partial charge in [-0.25, -0.2) is 13.1 Å². The van der Waals surface area contributed by atoms with Crippen molar-refractivity contribution in [1.82, 2.24) is 4.72 Å². The normalized spacial score (nSPS) is 13.4. The van der Waals surface area contributed by atoms with E-state index in [-0.39, 0.29) is 23.1 Å². The summed E-state index contributed by atoms with van der Waals surface area (Å²) < 4.78 is 27.0. The summed E-state index contributed by atoms with van der Waals surface area (Å²) in [6.45, 7) is 6.39. The van der Waals surface area contributed by atoms with Gasteiger partial charge in [-0.2, -0.15) is 0 Å². The molecular formula is C13H20N2O5S. The molecule has 0 aliphatic heterocycles. The highest BCUT2D eigenvalue weighted by atomic mass is 32.2. The SMILES string of the molecule is Cc1cc(S(=O)(=O)N[C@H](CO)C(C)C)cc([N+](=O)[O-])c1C. The molecule has 0 radical (unpaired) electrons. The number of aryl methyl sites for hydroxylation is 1. The molecule has 118 valence electrons. The number of nitrogens with zero attached hydrogens (tertiary/aromatic N) is 1. The van der Waals surface area contributed by atoms with Gasteiger partial charge in [0.15, 0.2) is 0 Å². The third-order valence-electron chi connectivity index (χ3n) is 3.43. The standard InChI is InChI=1S/C13H20N2O5S/c1-8(2)12(7-16)14-21(19,20)11-5-9(3)10(4)13(6-11)15(17)18/h5-6,8,12,14,16H,7H2,1-4H3/t12-/m1/s1. The Morgan fingerprint density at radius 2 is 1.90 bits per heavy atom. The zero-order chi connectivity index (χ0) is 16.4. The molecule has 1 aromatic carbocycles. The minimum Gasteiger partial charge on any atom is -0.395 e. The van der Waals surface area contributed by atoms with E-state index in [2.05, 4.69) is 4.72 Å². The van der Waals surface area contributed by atoms with Crippen LogP contribution in [0.5, 0.6) is 0 Å². The van der Waals surface area contributed by atoms with E-state index in [0.29, 0.717) is 11.1 Å². The first-order valence-electron chi connectivity index (χ1n) is 6.49. The van der Waals surface area contributed by atoms with Crippen LogP contribution in [0.2, 0.25) is 0 Å². The summed E-state index contributed by atoms with van der Waals surface area (Å²) in [5.74, 6) is -0.105. The monoisotopic (exact) mass is 316 g/mol. The number of rotatable bonds is 6. The lowest BCUT2D eigenvalue weighted by Crippen LogP contribution is -2.41. The Hall–Kier alpha value is -1.51. The minimum absolute atomic E-state index is 0.105. The molecule has 0 fully saturated rings. The summed E-state index contributed by atoms with van der Waals surface area (Å²) in [6, 6.07) is 1.79. The molecule has 1 aromatic rings. The quantitative estimate of drug-likeness (QED) is 0.610. The summed E-state index contributed by atoms with van der Waals surface area (Å²) >= 11 is 0. The number of sulfonamides is 1. The van der Waals surface area contributed by atoms with Crippen molar-refractivity contribution in [3.05, 3.63) is 33.4 Å². The maximum absolute atomic E-state index is 12.3. The van der Waals surface area contributed by atoms with Gasteiger partial charge in [-0.15, -0.1) is 0 Å². The van der Waals surface area contributed by atoms with Crippen LogP contribution in [0.3, 0.4) is 0 Å². The van der Waals surface area contributed by atoms with Crippen LogP contribution in [-0.4, -0.2) is 31.1 Å². The third kappa shape index (κ3) is 3.99. The van der Waals surface area contributed by atoms with Crippen molar-refractivity contribution in [2.45, 2.75) is 38.6 Å². The number of nitro groups is 1. The summed E-state index contributed by atoms with van der Waals surface area (Å²) in [4.78, 5) is 10.2. The summed E-state index contributed by atoms with van der Waals surface area (Å²) in [6.07, 6.45) is 0. The Morgan fingerprint density at radius 1 is 1.33 bits per heavy atom. The van der Waals surface area contributed by atoms with Crippen molar-refractivity contribution in [2.24, 2.45) is 5.92 Å². The molecule has 0 aliphatic carbocycles. The molecule has 0 saturated heterocycles. The second-order valence-corrected chi connectivity index (χ2v) is 7.01. The molecule has 0 saturated carbocycles. The molecule has 8 heteroatoms. The predicted molar refractivity (Wildman–Crippen MR) is 78.6 cm³/mol. The molecule has 1 rings (SSSR count). The fourth-order valence-corrected chi connectivity index (χ4v) is 3.28. The van der Waals surface area contributed by atoms with Gasteiger partial charge in [-0.1, -0.05) is 13.8 Å². The van der Waals surface area contributed by atoms with Gasteiger partial charge < -0.3 is 5.11 Å². The average molecular weight is 316 g/mol. The molecule has 0 aromatic heterocycles. The second kappa shape index (κ2) is 6.50. The number of aliphatic hydroxyl groups is 1. The van der Waals surface area contributed by atoms with Gasteiger partial charge in [-0.05, 0) is 31.4 Å². The van der Waals surface area contributed by atoms with Gasteiger partial charge in [0, 0.05) is 17.7 Å². The summed E-state index contributed by atoms with van der Waals surface area (Å²) in [7, 11) is -3.93. The van der Waals surface area contributed by atoms with Crippen LogP contribution in [-0.2, 0) is 10.0 Å². The van der Waals surface area contributed by atoms with Crippen molar-refractivity contribution >= 4 is 15.7 Å². The number of aliphatic hydroxyl groups excluding tert-OH is 1. The largest absolute Gasteiger partial charge is 0.395 e. The van der Waals surface area contributed by atoms with Gasteiger partial charge in [-0.3, -0.25) is 10.1 Å². The van der Waals surface area contributed by atoms with E-state index in [4.69, 9.17) is 0 Å². The number of nitrogens with one attached hydrogen (secondary N) is 1.